The van der Waals surface area contributed by atoms with Crippen LogP contribution >= 0.6 is 0 Å². The molecule has 2 N–H and O–H groups in total. The van der Waals surface area contributed by atoms with Gasteiger partial charge in [-0.1, -0.05) is 19.1 Å². The highest BCUT2D eigenvalue weighted by molar-refractivity contribution is 5.98. The zero-order valence-electron chi connectivity index (χ0n) is 11.3. The molecule has 108 valence electrons. The van der Waals surface area contributed by atoms with Crippen molar-refractivity contribution >= 4 is 17.6 Å². The van der Waals surface area contributed by atoms with E-state index in [4.69, 9.17) is 5.11 Å². The molecule has 1 aromatic rings. The van der Waals surface area contributed by atoms with Gasteiger partial charge in [0.2, 0.25) is 0 Å². The summed E-state index contributed by atoms with van der Waals surface area (Å²) < 4.78 is 0. The summed E-state index contributed by atoms with van der Waals surface area (Å²) in [6.45, 7) is 3.24. The lowest BCUT2D eigenvalue weighted by molar-refractivity contribution is -0.385. The molecule has 0 fully saturated rings. The van der Waals surface area contributed by atoms with Gasteiger partial charge in [-0.2, -0.15) is 0 Å². The van der Waals surface area contributed by atoms with Crippen molar-refractivity contribution in [3.05, 3.63) is 39.4 Å². The summed E-state index contributed by atoms with van der Waals surface area (Å²) >= 11 is 0. The quantitative estimate of drug-likeness (QED) is 0.609. The van der Waals surface area contributed by atoms with Gasteiger partial charge in [-0.05, 0) is 19.4 Å². The minimum absolute atomic E-state index is 0.0158. The number of benzene rings is 1. The van der Waals surface area contributed by atoms with Crippen LogP contribution in [-0.2, 0) is 4.79 Å². The first kappa shape index (κ1) is 15.6. The van der Waals surface area contributed by atoms with Gasteiger partial charge in [-0.25, -0.2) is 0 Å². The molecule has 7 heteroatoms. The molecule has 0 heterocycles. The number of hydrogen-bond acceptors (Lipinski definition) is 4. The van der Waals surface area contributed by atoms with Crippen molar-refractivity contribution in [3.63, 3.8) is 0 Å². The summed E-state index contributed by atoms with van der Waals surface area (Å²) in [7, 11) is 0. The molecule has 1 unspecified atom stereocenters. The van der Waals surface area contributed by atoms with E-state index in [0.29, 0.717) is 5.56 Å². The lowest BCUT2D eigenvalue weighted by atomic mass is 10.1. The van der Waals surface area contributed by atoms with E-state index in [1.165, 1.54) is 13.0 Å². The van der Waals surface area contributed by atoms with Gasteiger partial charge in [0.15, 0.2) is 0 Å². The molecule has 0 saturated carbocycles. The van der Waals surface area contributed by atoms with Gasteiger partial charge in [0.05, 0.1) is 10.8 Å². The van der Waals surface area contributed by atoms with Gasteiger partial charge < -0.3 is 10.4 Å². The first-order chi connectivity index (χ1) is 9.34. The summed E-state index contributed by atoms with van der Waals surface area (Å²) in [5.41, 5.74) is 0.163. The van der Waals surface area contributed by atoms with Gasteiger partial charge >= 0.3 is 5.97 Å². The van der Waals surface area contributed by atoms with Crippen molar-refractivity contribution in [1.29, 1.82) is 0 Å². The van der Waals surface area contributed by atoms with E-state index in [-0.39, 0.29) is 24.2 Å². The highest BCUT2D eigenvalue weighted by Gasteiger charge is 2.22. The second kappa shape index (κ2) is 6.65. The number of carboxylic acids is 1. The first-order valence-electron chi connectivity index (χ1n) is 6.09. The Hall–Kier alpha value is -2.44. The van der Waals surface area contributed by atoms with Crippen molar-refractivity contribution in [2.45, 2.75) is 20.3 Å². The van der Waals surface area contributed by atoms with Crippen molar-refractivity contribution in [2.24, 2.45) is 5.92 Å². The zero-order chi connectivity index (χ0) is 15.3. The molecule has 0 saturated heterocycles. The average molecular weight is 280 g/mol. The van der Waals surface area contributed by atoms with Crippen LogP contribution in [0.3, 0.4) is 0 Å². The molecule has 0 bridgehead atoms. The monoisotopic (exact) mass is 280 g/mol. The fourth-order valence-electron chi connectivity index (χ4n) is 1.71. The Morgan fingerprint density at radius 1 is 1.45 bits per heavy atom. The molecule has 0 aliphatic heterocycles. The fraction of sp³-hybridized carbons (Fsp3) is 0.385. The standard InChI is InChI=1S/C13H16N2O5/c1-8-4-3-5-10(11(8)15(19)20)12(16)14-7-6-9(2)13(17)18/h3-5,9H,6-7H2,1-2H3,(H,14,16)(H,17,18). The molecule has 0 radical (unpaired) electrons. The Bertz CT molecular complexity index is 542. The molecule has 20 heavy (non-hydrogen) atoms. The Balaban J connectivity index is 2.76. The molecular weight excluding hydrogens is 264 g/mol. The smallest absolute Gasteiger partial charge is 0.306 e. The van der Waals surface area contributed by atoms with Crippen LogP contribution in [0.1, 0.15) is 29.3 Å². The third kappa shape index (κ3) is 3.78. The molecule has 1 amide bonds. The number of nitro groups is 1. The number of nitro benzene ring substituents is 1. The molecule has 1 aromatic carbocycles. The van der Waals surface area contributed by atoms with E-state index < -0.39 is 22.7 Å². The number of amides is 1. The maximum absolute atomic E-state index is 11.9. The molecule has 1 atom stereocenters. The largest absolute Gasteiger partial charge is 0.481 e. The normalized spacial score (nSPS) is 11.7. The number of carbonyl (C=O) groups is 2. The van der Waals surface area contributed by atoms with E-state index in [1.54, 1.807) is 19.1 Å². The number of hydrogen-bond donors (Lipinski definition) is 2. The van der Waals surface area contributed by atoms with E-state index in [1.807, 2.05) is 0 Å². The van der Waals surface area contributed by atoms with E-state index >= 15 is 0 Å². The number of carboxylic acid groups (broad SMARTS) is 1. The minimum Gasteiger partial charge on any atom is -0.481 e. The molecule has 0 aromatic heterocycles. The first-order valence-corrected chi connectivity index (χ1v) is 6.09. The Labute approximate surface area is 115 Å². The summed E-state index contributed by atoms with van der Waals surface area (Å²) in [4.78, 5) is 32.9. The number of nitrogens with one attached hydrogen (secondary N) is 1. The van der Waals surface area contributed by atoms with Crippen LogP contribution in [0.15, 0.2) is 18.2 Å². The van der Waals surface area contributed by atoms with E-state index in [0.717, 1.165) is 0 Å². The lowest BCUT2D eigenvalue weighted by Crippen LogP contribution is -2.27. The number of aryl methyl sites for hydroxylation is 1. The Morgan fingerprint density at radius 3 is 2.65 bits per heavy atom. The zero-order valence-corrected chi connectivity index (χ0v) is 11.3. The average Bonchev–Trinajstić information content (AvgIpc) is 2.37. The van der Waals surface area contributed by atoms with Crippen molar-refractivity contribution in [3.8, 4) is 0 Å². The maximum atomic E-state index is 11.9. The number of nitrogens with zero attached hydrogens (tertiary/aromatic N) is 1. The molecule has 7 nitrogen and oxygen atoms in total. The number of carbonyl (C=O) groups excluding carboxylic acids is 1. The predicted molar refractivity (Wildman–Crippen MR) is 71.6 cm³/mol. The Morgan fingerprint density at radius 2 is 2.10 bits per heavy atom. The van der Waals surface area contributed by atoms with Crippen LogP contribution in [0.5, 0.6) is 0 Å². The summed E-state index contributed by atoms with van der Waals surface area (Å²) in [6, 6.07) is 4.50. The van der Waals surface area contributed by atoms with Gasteiger partial charge in [0.25, 0.3) is 11.6 Å². The van der Waals surface area contributed by atoms with Crippen LogP contribution in [-0.4, -0.2) is 28.5 Å². The molecule has 0 aliphatic carbocycles. The third-order valence-corrected chi connectivity index (χ3v) is 2.95. The van der Waals surface area contributed by atoms with Gasteiger partial charge in [0, 0.05) is 12.1 Å². The maximum Gasteiger partial charge on any atom is 0.306 e. The Kier molecular flexibility index (Phi) is 5.19. The van der Waals surface area contributed by atoms with E-state index in [2.05, 4.69) is 5.32 Å². The van der Waals surface area contributed by atoms with Crippen molar-refractivity contribution in [2.75, 3.05) is 6.54 Å². The van der Waals surface area contributed by atoms with Gasteiger partial charge in [-0.3, -0.25) is 19.7 Å². The molecular formula is C13H16N2O5. The van der Waals surface area contributed by atoms with Crippen LogP contribution in [0.25, 0.3) is 0 Å². The van der Waals surface area contributed by atoms with Crippen molar-refractivity contribution < 1.29 is 19.6 Å². The SMILES string of the molecule is Cc1cccc(C(=O)NCCC(C)C(=O)O)c1[N+](=O)[O-]. The second-order valence-corrected chi connectivity index (χ2v) is 4.51. The minimum atomic E-state index is -0.944. The highest BCUT2D eigenvalue weighted by Crippen LogP contribution is 2.22. The highest BCUT2D eigenvalue weighted by atomic mass is 16.6. The number of rotatable bonds is 6. The predicted octanol–water partition coefficient (Wildman–Crippen LogP) is 1.74. The van der Waals surface area contributed by atoms with Gasteiger partial charge in [0.1, 0.15) is 5.56 Å². The topological polar surface area (TPSA) is 110 Å². The third-order valence-electron chi connectivity index (χ3n) is 2.95. The second-order valence-electron chi connectivity index (χ2n) is 4.51. The van der Waals surface area contributed by atoms with Crippen LogP contribution in [0, 0.1) is 23.0 Å². The summed E-state index contributed by atoms with van der Waals surface area (Å²) in [6.07, 6.45) is 0.265. The molecule has 0 aliphatic rings. The summed E-state index contributed by atoms with van der Waals surface area (Å²) in [5, 5.41) is 22.2. The number of para-hydroxylation sites is 1. The molecule has 0 spiro atoms. The lowest BCUT2D eigenvalue weighted by Gasteiger charge is -2.09. The van der Waals surface area contributed by atoms with Crippen molar-refractivity contribution in [1.82, 2.24) is 5.32 Å². The fourth-order valence-corrected chi connectivity index (χ4v) is 1.71. The van der Waals surface area contributed by atoms with Crippen LogP contribution in [0.2, 0.25) is 0 Å². The molecule has 1 rings (SSSR count). The van der Waals surface area contributed by atoms with Crippen LogP contribution < -0.4 is 5.32 Å². The van der Waals surface area contributed by atoms with E-state index in [9.17, 15) is 19.7 Å². The summed E-state index contributed by atoms with van der Waals surface area (Å²) in [5.74, 6) is -2.10. The van der Waals surface area contributed by atoms with Crippen LogP contribution in [0.4, 0.5) is 5.69 Å². The number of aliphatic carboxylic acids is 1. The van der Waals surface area contributed by atoms with Gasteiger partial charge in [-0.15, -0.1) is 0 Å².